The lowest BCUT2D eigenvalue weighted by Gasteiger charge is -2.29. The largest absolute Gasteiger partial charge is 0.496 e. The van der Waals surface area contributed by atoms with Crippen LogP contribution >= 0.6 is 0 Å². The Morgan fingerprint density at radius 1 is 0.941 bits per heavy atom. The molecule has 0 spiro atoms. The molecule has 0 saturated heterocycles. The van der Waals surface area contributed by atoms with E-state index in [9.17, 15) is 4.79 Å². The summed E-state index contributed by atoms with van der Waals surface area (Å²) >= 11 is 0. The molecule has 0 aliphatic heterocycles. The molecule has 188 valence electrons. The number of anilines is 1. The van der Waals surface area contributed by atoms with Crippen LogP contribution in [0.1, 0.15) is 82.9 Å². The van der Waals surface area contributed by atoms with Gasteiger partial charge in [0.1, 0.15) is 5.75 Å². The van der Waals surface area contributed by atoms with E-state index in [2.05, 4.69) is 33.0 Å². The van der Waals surface area contributed by atoms with Gasteiger partial charge in [-0.25, -0.2) is 0 Å². The first kappa shape index (κ1) is 27.5. The van der Waals surface area contributed by atoms with E-state index in [1.807, 2.05) is 36.4 Å². The average molecular weight is 471 g/mol. The SMILES string of the molecule is CCCCCC(CC(=O)Nc1ccccc1C(N)C(C)(C)C)c1cc(OC)c(OC)cc1OC. The van der Waals surface area contributed by atoms with Crippen molar-refractivity contribution in [2.45, 2.75) is 71.8 Å². The van der Waals surface area contributed by atoms with Crippen molar-refractivity contribution in [1.82, 2.24) is 0 Å². The van der Waals surface area contributed by atoms with Crippen LogP contribution in [-0.4, -0.2) is 27.2 Å². The Labute approximate surface area is 205 Å². The molecule has 2 aromatic carbocycles. The van der Waals surface area contributed by atoms with Crippen LogP contribution in [0.2, 0.25) is 0 Å². The van der Waals surface area contributed by atoms with Crippen LogP contribution < -0.4 is 25.3 Å². The van der Waals surface area contributed by atoms with E-state index in [1.54, 1.807) is 21.3 Å². The monoisotopic (exact) mass is 470 g/mol. The Morgan fingerprint density at radius 3 is 2.15 bits per heavy atom. The van der Waals surface area contributed by atoms with Crippen LogP contribution in [0.15, 0.2) is 36.4 Å². The van der Waals surface area contributed by atoms with Crippen LogP contribution in [-0.2, 0) is 4.79 Å². The first-order valence-corrected chi connectivity index (χ1v) is 12.1. The number of nitrogens with two attached hydrogens (primary N) is 1. The molecule has 2 aromatic rings. The third kappa shape index (κ3) is 7.13. The summed E-state index contributed by atoms with van der Waals surface area (Å²) < 4.78 is 16.6. The van der Waals surface area contributed by atoms with Gasteiger partial charge in [0.25, 0.3) is 0 Å². The summed E-state index contributed by atoms with van der Waals surface area (Å²) in [6.45, 7) is 8.48. The quantitative estimate of drug-likeness (QED) is 0.348. The van der Waals surface area contributed by atoms with Crippen molar-refractivity contribution in [3.63, 3.8) is 0 Å². The Balaban J connectivity index is 2.34. The average Bonchev–Trinajstić information content (AvgIpc) is 2.81. The number of unbranched alkanes of at least 4 members (excludes halogenated alkanes) is 2. The lowest BCUT2D eigenvalue weighted by Crippen LogP contribution is -2.28. The fourth-order valence-electron chi connectivity index (χ4n) is 4.15. The van der Waals surface area contributed by atoms with Crippen molar-refractivity contribution in [3.05, 3.63) is 47.5 Å². The van der Waals surface area contributed by atoms with Gasteiger partial charge in [-0.1, -0.05) is 65.2 Å². The van der Waals surface area contributed by atoms with E-state index in [4.69, 9.17) is 19.9 Å². The Bertz CT molecular complexity index is 936. The highest BCUT2D eigenvalue weighted by Gasteiger charge is 2.26. The van der Waals surface area contributed by atoms with Crippen molar-refractivity contribution >= 4 is 11.6 Å². The van der Waals surface area contributed by atoms with Gasteiger partial charge in [-0.3, -0.25) is 4.79 Å². The lowest BCUT2D eigenvalue weighted by atomic mass is 9.82. The van der Waals surface area contributed by atoms with E-state index in [0.29, 0.717) is 23.7 Å². The molecular formula is C28H42N2O4. The second-order valence-electron chi connectivity index (χ2n) is 9.83. The van der Waals surface area contributed by atoms with Crippen molar-refractivity contribution in [2.75, 3.05) is 26.6 Å². The first-order chi connectivity index (χ1) is 16.2. The molecule has 0 heterocycles. The van der Waals surface area contributed by atoms with Gasteiger partial charge in [0.2, 0.25) is 5.91 Å². The predicted octanol–water partition coefficient (Wildman–Crippen LogP) is 6.45. The highest BCUT2D eigenvalue weighted by molar-refractivity contribution is 5.92. The summed E-state index contributed by atoms with van der Waals surface area (Å²) in [6, 6.07) is 11.4. The van der Waals surface area contributed by atoms with Crippen molar-refractivity contribution < 1.29 is 19.0 Å². The van der Waals surface area contributed by atoms with Crippen LogP contribution in [0.3, 0.4) is 0 Å². The van der Waals surface area contributed by atoms with Gasteiger partial charge >= 0.3 is 0 Å². The maximum absolute atomic E-state index is 13.3. The van der Waals surface area contributed by atoms with Crippen LogP contribution in [0, 0.1) is 5.41 Å². The molecule has 6 heteroatoms. The molecule has 0 saturated carbocycles. The molecule has 0 aliphatic carbocycles. The summed E-state index contributed by atoms with van der Waals surface area (Å²) in [4.78, 5) is 13.3. The zero-order valence-corrected chi connectivity index (χ0v) is 21.9. The highest BCUT2D eigenvalue weighted by Crippen LogP contribution is 2.41. The van der Waals surface area contributed by atoms with E-state index in [0.717, 1.165) is 42.5 Å². The zero-order chi connectivity index (χ0) is 25.3. The molecule has 0 aliphatic rings. The molecule has 0 fully saturated rings. The summed E-state index contributed by atoms with van der Waals surface area (Å²) in [5, 5.41) is 3.13. The first-order valence-electron chi connectivity index (χ1n) is 12.1. The Hall–Kier alpha value is -2.73. The number of para-hydroxylation sites is 1. The standard InChI is InChI=1S/C28H42N2O4/c1-8-9-10-13-19(21-17-24(33-6)25(34-7)18-23(21)32-5)16-26(31)30-22-15-12-11-14-20(22)27(29)28(2,3)4/h11-12,14-15,17-19,27H,8-10,13,16,29H2,1-7H3,(H,30,31). The normalized spacial score (nSPS) is 13.2. The third-order valence-electron chi connectivity index (χ3n) is 6.27. The number of hydrogen-bond acceptors (Lipinski definition) is 5. The molecule has 0 aromatic heterocycles. The minimum atomic E-state index is -0.199. The zero-order valence-electron chi connectivity index (χ0n) is 21.9. The van der Waals surface area contributed by atoms with Crippen molar-refractivity contribution in [3.8, 4) is 17.2 Å². The highest BCUT2D eigenvalue weighted by atomic mass is 16.5. The van der Waals surface area contributed by atoms with Gasteiger partial charge in [0, 0.05) is 29.8 Å². The topological polar surface area (TPSA) is 82.8 Å². The second kappa shape index (κ2) is 12.7. The van der Waals surface area contributed by atoms with E-state index in [1.165, 1.54) is 0 Å². The van der Waals surface area contributed by atoms with Crippen LogP contribution in [0.4, 0.5) is 5.69 Å². The summed E-state index contributed by atoms with van der Waals surface area (Å²) in [5.74, 6) is 1.85. The van der Waals surface area contributed by atoms with Gasteiger partial charge in [-0.05, 0) is 35.4 Å². The molecule has 2 atom stereocenters. The predicted molar refractivity (Wildman–Crippen MR) is 139 cm³/mol. The summed E-state index contributed by atoms with van der Waals surface area (Å²) in [7, 11) is 4.85. The second-order valence-corrected chi connectivity index (χ2v) is 9.83. The van der Waals surface area contributed by atoms with Gasteiger partial charge in [-0.15, -0.1) is 0 Å². The lowest BCUT2D eigenvalue weighted by molar-refractivity contribution is -0.116. The number of nitrogens with one attached hydrogen (secondary N) is 1. The van der Waals surface area contributed by atoms with Crippen LogP contribution in [0.25, 0.3) is 0 Å². The van der Waals surface area contributed by atoms with E-state index < -0.39 is 0 Å². The molecule has 6 nitrogen and oxygen atoms in total. The Morgan fingerprint density at radius 2 is 1.56 bits per heavy atom. The Kier molecular flexibility index (Phi) is 10.2. The molecule has 2 rings (SSSR count). The number of amides is 1. The molecule has 3 N–H and O–H groups in total. The number of benzene rings is 2. The number of methoxy groups -OCH3 is 3. The molecule has 34 heavy (non-hydrogen) atoms. The van der Waals surface area contributed by atoms with Crippen molar-refractivity contribution in [2.24, 2.45) is 11.1 Å². The minimum absolute atomic E-state index is 0.0234. The summed E-state index contributed by atoms with van der Waals surface area (Å²) in [6.07, 6.45) is 4.44. The summed E-state index contributed by atoms with van der Waals surface area (Å²) in [5.41, 5.74) is 9.05. The molecule has 0 radical (unpaired) electrons. The number of hydrogen-bond donors (Lipinski definition) is 2. The van der Waals surface area contributed by atoms with Gasteiger partial charge in [-0.2, -0.15) is 0 Å². The fraction of sp³-hybridized carbons (Fsp3) is 0.536. The van der Waals surface area contributed by atoms with Crippen LogP contribution in [0.5, 0.6) is 17.2 Å². The van der Waals surface area contributed by atoms with Gasteiger partial charge < -0.3 is 25.3 Å². The molecule has 2 unspecified atom stereocenters. The third-order valence-corrected chi connectivity index (χ3v) is 6.27. The maximum Gasteiger partial charge on any atom is 0.224 e. The van der Waals surface area contributed by atoms with E-state index in [-0.39, 0.29) is 23.3 Å². The molecule has 0 bridgehead atoms. The van der Waals surface area contributed by atoms with Gasteiger partial charge in [0.15, 0.2) is 11.5 Å². The fourth-order valence-corrected chi connectivity index (χ4v) is 4.15. The smallest absolute Gasteiger partial charge is 0.224 e. The molecular weight excluding hydrogens is 428 g/mol. The number of carbonyl (C=O) groups is 1. The molecule has 1 amide bonds. The van der Waals surface area contributed by atoms with Gasteiger partial charge in [0.05, 0.1) is 21.3 Å². The number of carbonyl (C=O) groups excluding carboxylic acids is 1. The van der Waals surface area contributed by atoms with E-state index >= 15 is 0 Å². The minimum Gasteiger partial charge on any atom is -0.496 e. The van der Waals surface area contributed by atoms with Crippen molar-refractivity contribution in [1.29, 1.82) is 0 Å². The number of ether oxygens (including phenoxy) is 3. The number of rotatable bonds is 12. The maximum atomic E-state index is 13.3.